The molecule has 1 atom stereocenters. The van der Waals surface area contributed by atoms with Gasteiger partial charge in [-0.1, -0.05) is 54.6 Å². The van der Waals surface area contributed by atoms with Gasteiger partial charge in [-0.3, -0.25) is 9.59 Å². The normalized spacial score (nSPS) is 22.6. The maximum atomic E-state index is 12.6. The maximum Gasteiger partial charge on any atom is 0.178 e. The smallest absolute Gasteiger partial charge is 0.178 e. The molecule has 0 aromatic heterocycles. The second-order valence-corrected chi connectivity index (χ2v) is 5.34. The Morgan fingerprint density at radius 1 is 0.789 bits per heavy atom. The highest BCUT2D eigenvalue weighted by Crippen LogP contribution is 2.65. The van der Waals surface area contributed by atoms with Crippen molar-refractivity contribution in [3.63, 3.8) is 0 Å². The number of benzene rings is 2. The van der Waals surface area contributed by atoms with E-state index in [1.165, 1.54) is 0 Å². The zero-order valence-electron chi connectivity index (χ0n) is 10.3. The molecule has 2 nitrogen and oxygen atoms in total. The molecule has 1 saturated carbocycles. The summed E-state index contributed by atoms with van der Waals surface area (Å²) in [6.07, 6.45) is 0.656. The van der Waals surface area contributed by atoms with Crippen LogP contribution in [0.15, 0.2) is 54.6 Å². The molecule has 0 bridgehead atoms. The highest BCUT2D eigenvalue weighted by atomic mass is 16.2. The van der Waals surface area contributed by atoms with Crippen LogP contribution >= 0.6 is 0 Å². The Hall–Kier alpha value is -2.22. The van der Waals surface area contributed by atoms with Gasteiger partial charge in [-0.25, -0.2) is 0 Å². The maximum absolute atomic E-state index is 12.6. The van der Waals surface area contributed by atoms with E-state index < -0.39 is 5.41 Å². The van der Waals surface area contributed by atoms with Crippen LogP contribution < -0.4 is 0 Å². The summed E-state index contributed by atoms with van der Waals surface area (Å²) in [6.45, 7) is 0. The third-order valence-electron chi connectivity index (χ3n) is 4.39. The number of rotatable bonds is 1. The van der Waals surface area contributed by atoms with Crippen molar-refractivity contribution in [2.75, 3.05) is 0 Å². The molecule has 1 spiro atoms. The Kier molecular flexibility index (Phi) is 1.92. The van der Waals surface area contributed by atoms with Gasteiger partial charge in [0.2, 0.25) is 0 Å². The highest BCUT2D eigenvalue weighted by molar-refractivity contribution is 6.32. The van der Waals surface area contributed by atoms with E-state index in [1.54, 1.807) is 12.1 Å². The van der Waals surface area contributed by atoms with Gasteiger partial charge in [0.15, 0.2) is 11.6 Å². The fourth-order valence-electron chi connectivity index (χ4n) is 3.32. The van der Waals surface area contributed by atoms with Gasteiger partial charge in [0.05, 0.1) is 0 Å². The minimum atomic E-state index is -0.787. The van der Waals surface area contributed by atoms with Gasteiger partial charge in [-0.05, 0) is 12.0 Å². The quantitative estimate of drug-likeness (QED) is 0.726. The third kappa shape index (κ3) is 1.21. The Bertz CT molecular complexity index is 665. The summed E-state index contributed by atoms with van der Waals surface area (Å²) in [4.78, 5) is 25.1. The van der Waals surface area contributed by atoms with Gasteiger partial charge in [-0.2, -0.15) is 0 Å². The number of ketones is 2. The van der Waals surface area contributed by atoms with Crippen LogP contribution in [0.25, 0.3) is 0 Å². The van der Waals surface area contributed by atoms with Crippen LogP contribution in [0.5, 0.6) is 0 Å². The molecule has 19 heavy (non-hydrogen) atoms. The zero-order chi connectivity index (χ0) is 13.0. The molecule has 0 amide bonds. The van der Waals surface area contributed by atoms with Crippen LogP contribution in [-0.4, -0.2) is 11.6 Å². The van der Waals surface area contributed by atoms with Crippen LogP contribution in [0.2, 0.25) is 0 Å². The van der Waals surface area contributed by atoms with Crippen LogP contribution in [0, 0.1) is 5.41 Å². The second kappa shape index (κ2) is 3.41. The summed E-state index contributed by atoms with van der Waals surface area (Å²) in [7, 11) is 0. The predicted molar refractivity (Wildman–Crippen MR) is 71.3 cm³/mol. The molecule has 0 N–H and O–H groups in total. The van der Waals surface area contributed by atoms with E-state index in [1.807, 2.05) is 42.5 Å². The Balaban J connectivity index is 1.81. The van der Waals surface area contributed by atoms with Crippen molar-refractivity contribution < 1.29 is 9.59 Å². The summed E-state index contributed by atoms with van der Waals surface area (Å²) in [6, 6.07) is 17.1. The van der Waals surface area contributed by atoms with E-state index in [-0.39, 0.29) is 17.5 Å². The molecule has 2 aliphatic carbocycles. The number of carbonyl (C=O) groups is 2. The minimum Gasteiger partial charge on any atom is -0.293 e. The Morgan fingerprint density at radius 3 is 1.89 bits per heavy atom. The zero-order valence-corrected chi connectivity index (χ0v) is 10.3. The molecular formula is C17H12O2. The lowest BCUT2D eigenvalue weighted by Gasteiger charge is -2.05. The Morgan fingerprint density at radius 2 is 1.32 bits per heavy atom. The summed E-state index contributed by atoms with van der Waals surface area (Å²) >= 11 is 0. The molecule has 0 heterocycles. The highest BCUT2D eigenvalue weighted by Gasteiger charge is 2.68. The molecule has 0 aliphatic heterocycles. The first-order valence-electron chi connectivity index (χ1n) is 6.49. The first-order chi connectivity index (χ1) is 9.25. The van der Waals surface area contributed by atoms with E-state index in [9.17, 15) is 9.59 Å². The van der Waals surface area contributed by atoms with E-state index >= 15 is 0 Å². The van der Waals surface area contributed by atoms with Crippen LogP contribution in [0.1, 0.15) is 38.6 Å². The molecule has 2 aliphatic rings. The summed E-state index contributed by atoms with van der Waals surface area (Å²) in [5.74, 6) is 0.0880. The van der Waals surface area contributed by atoms with Crippen molar-refractivity contribution in [2.45, 2.75) is 12.3 Å². The van der Waals surface area contributed by atoms with Gasteiger partial charge < -0.3 is 0 Å². The SMILES string of the molecule is O=C1c2ccccc2C(=O)C12C[C@H]2c1ccccc1. The van der Waals surface area contributed by atoms with Crippen LogP contribution in [0.4, 0.5) is 0 Å². The summed E-state index contributed by atoms with van der Waals surface area (Å²) in [5.41, 5.74) is 1.51. The molecule has 2 aromatic rings. The minimum absolute atomic E-state index is 0.0157. The summed E-state index contributed by atoms with van der Waals surface area (Å²) < 4.78 is 0. The van der Waals surface area contributed by atoms with Gasteiger partial charge in [-0.15, -0.1) is 0 Å². The van der Waals surface area contributed by atoms with Crippen LogP contribution in [-0.2, 0) is 0 Å². The van der Waals surface area contributed by atoms with Crippen molar-refractivity contribution in [1.82, 2.24) is 0 Å². The largest absolute Gasteiger partial charge is 0.293 e. The lowest BCUT2D eigenvalue weighted by atomic mass is 9.94. The monoisotopic (exact) mass is 248 g/mol. The average molecular weight is 248 g/mol. The first-order valence-corrected chi connectivity index (χ1v) is 6.49. The molecule has 4 rings (SSSR count). The number of hydrogen-bond donors (Lipinski definition) is 0. The van der Waals surface area contributed by atoms with Gasteiger partial charge >= 0.3 is 0 Å². The van der Waals surface area contributed by atoms with Crippen molar-refractivity contribution in [2.24, 2.45) is 5.41 Å². The topological polar surface area (TPSA) is 34.1 Å². The fraction of sp³-hybridized carbons (Fsp3) is 0.176. The Labute approximate surface area is 111 Å². The van der Waals surface area contributed by atoms with E-state index in [2.05, 4.69) is 0 Å². The average Bonchev–Trinajstić information content (AvgIpc) is 3.19. The van der Waals surface area contributed by atoms with Gasteiger partial charge in [0.1, 0.15) is 5.41 Å². The molecule has 0 radical (unpaired) electrons. The standard InChI is InChI=1S/C17H12O2/c18-15-12-8-4-5-9-13(12)16(19)17(15)10-14(17)11-6-2-1-3-7-11/h1-9,14H,10H2/t14-/m0/s1. The number of carbonyl (C=O) groups excluding carboxylic acids is 2. The van der Waals surface area contributed by atoms with E-state index in [4.69, 9.17) is 0 Å². The summed E-state index contributed by atoms with van der Waals surface area (Å²) in [5, 5.41) is 0. The number of hydrogen-bond acceptors (Lipinski definition) is 2. The van der Waals surface area contributed by atoms with Crippen molar-refractivity contribution >= 4 is 11.6 Å². The molecule has 0 saturated heterocycles. The molecule has 0 unspecified atom stereocenters. The molecular weight excluding hydrogens is 236 g/mol. The third-order valence-corrected chi connectivity index (χ3v) is 4.39. The lowest BCUT2D eigenvalue weighted by Crippen LogP contribution is -2.18. The first kappa shape index (κ1) is 10.7. The van der Waals surface area contributed by atoms with Crippen molar-refractivity contribution in [3.8, 4) is 0 Å². The van der Waals surface area contributed by atoms with Gasteiger partial charge in [0.25, 0.3) is 0 Å². The molecule has 2 aromatic carbocycles. The van der Waals surface area contributed by atoms with E-state index in [0.29, 0.717) is 17.5 Å². The predicted octanol–water partition coefficient (Wildman–Crippen LogP) is 3.24. The van der Waals surface area contributed by atoms with Crippen molar-refractivity contribution in [3.05, 3.63) is 71.3 Å². The molecule has 2 heteroatoms. The number of fused-ring (bicyclic) bond motifs is 1. The molecule has 1 fully saturated rings. The van der Waals surface area contributed by atoms with Gasteiger partial charge in [0, 0.05) is 17.0 Å². The lowest BCUT2D eigenvalue weighted by molar-refractivity contribution is 0.0809. The molecule has 92 valence electrons. The van der Waals surface area contributed by atoms with Crippen molar-refractivity contribution in [1.29, 1.82) is 0 Å². The van der Waals surface area contributed by atoms with E-state index in [0.717, 1.165) is 5.56 Å². The number of Topliss-reactive ketones (excluding diaryl/α,β-unsaturated/α-hetero) is 2. The second-order valence-electron chi connectivity index (χ2n) is 5.34. The van der Waals surface area contributed by atoms with Crippen LogP contribution in [0.3, 0.4) is 0 Å². The fourth-order valence-corrected chi connectivity index (χ4v) is 3.32.